The Bertz CT molecular complexity index is 1360. The number of allylic oxidation sites excluding steroid dienone is 18. The minimum absolute atomic E-state index is 0.116. The standard InChI is InChI=1S/C56H92O9/c1-3-5-7-9-11-13-15-17-19-21-22-23-24-25-26-27-28-29-31-33-35-37-39-41-43-45-52(58)64-50(49-63-56-55(61)54(60)53(59)51(47-57)65-56)48-62-46-44-42-40-38-36-34-32-30-20-18-16-14-12-10-8-6-4-2/h5,7,11,13-14,16-17,19-20,22-23,25-26,28-30,33,35,50-51,53-57,59-61H,3-4,6,8-10,12,15,18,21,24,27,31-32,34,36-49H2,1-2H3/b7-5-,13-11-,16-14-,19-17-,23-22-,26-25-,29-28-,30-20-,35-33-. The van der Waals surface area contributed by atoms with E-state index in [1.54, 1.807) is 0 Å². The molecular formula is C56H92O9. The molecule has 6 unspecified atom stereocenters. The van der Waals surface area contributed by atoms with Crippen molar-refractivity contribution < 1.29 is 44.2 Å². The Morgan fingerprint density at radius 3 is 1.42 bits per heavy atom. The zero-order valence-electron chi connectivity index (χ0n) is 40.7. The SMILES string of the molecule is CC/C=C\C/C=C\C/C=C\C/C=C\C/C=C\C/C=C\C/C=C\CCCCCC(=O)OC(COCCCCCCCC/C=C\C/C=C\CCCCCC)COC1OC(CO)C(O)C(O)C1O. The Morgan fingerprint density at radius 1 is 0.508 bits per heavy atom. The van der Waals surface area contributed by atoms with Gasteiger partial charge in [-0.1, -0.05) is 175 Å². The molecule has 6 atom stereocenters. The molecule has 1 fully saturated rings. The average Bonchev–Trinajstić information content (AvgIpc) is 3.31. The minimum atomic E-state index is -1.55. The Balaban J connectivity index is 2.27. The van der Waals surface area contributed by atoms with E-state index in [0.717, 1.165) is 96.3 Å². The van der Waals surface area contributed by atoms with Gasteiger partial charge in [0.15, 0.2) is 6.29 Å². The van der Waals surface area contributed by atoms with Crippen LogP contribution in [0.5, 0.6) is 0 Å². The summed E-state index contributed by atoms with van der Waals surface area (Å²) in [5.41, 5.74) is 0. The van der Waals surface area contributed by atoms with Crippen molar-refractivity contribution in [1.29, 1.82) is 0 Å². The molecule has 1 saturated heterocycles. The van der Waals surface area contributed by atoms with Crippen LogP contribution in [0.4, 0.5) is 0 Å². The minimum Gasteiger partial charge on any atom is -0.457 e. The van der Waals surface area contributed by atoms with Crippen LogP contribution in [-0.4, -0.2) is 89.6 Å². The third-order valence-electron chi connectivity index (χ3n) is 10.9. The molecule has 4 N–H and O–H groups in total. The molecular weight excluding hydrogens is 817 g/mol. The summed E-state index contributed by atoms with van der Waals surface area (Å²) in [5, 5.41) is 40.2. The molecule has 0 bridgehead atoms. The summed E-state index contributed by atoms with van der Waals surface area (Å²) in [6, 6.07) is 0. The van der Waals surface area contributed by atoms with Crippen LogP contribution in [0.25, 0.3) is 0 Å². The lowest BCUT2D eigenvalue weighted by Crippen LogP contribution is -2.59. The molecule has 0 aliphatic carbocycles. The van der Waals surface area contributed by atoms with Crippen molar-refractivity contribution in [1.82, 2.24) is 0 Å². The van der Waals surface area contributed by atoms with Gasteiger partial charge in [0.1, 0.15) is 30.5 Å². The Morgan fingerprint density at radius 2 is 0.938 bits per heavy atom. The van der Waals surface area contributed by atoms with E-state index in [1.165, 1.54) is 51.4 Å². The van der Waals surface area contributed by atoms with E-state index in [4.69, 9.17) is 18.9 Å². The predicted octanol–water partition coefficient (Wildman–Crippen LogP) is 12.5. The first-order chi connectivity index (χ1) is 31.9. The lowest BCUT2D eigenvalue weighted by molar-refractivity contribution is -0.305. The number of carbonyl (C=O) groups excluding carboxylic acids is 1. The molecule has 0 aromatic rings. The van der Waals surface area contributed by atoms with Crippen molar-refractivity contribution in [3.63, 3.8) is 0 Å². The number of hydrogen-bond donors (Lipinski definition) is 4. The van der Waals surface area contributed by atoms with Gasteiger partial charge in [0.05, 0.1) is 19.8 Å². The zero-order chi connectivity index (χ0) is 47.1. The van der Waals surface area contributed by atoms with Crippen LogP contribution < -0.4 is 0 Å². The van der Waals surface area contributed by atoms with Gasteiger partial charge in [0.25, 0.3) is 0 Å². The highest BCUT2D eigenvalue weighted by Crippen LogP contribution is 2.22. The second kappa shape index (κ2) is 46.0. The number of ether oxygens (including phenoxy) is 4. The summed E-state index contributed by atoms with van der Waals surface area (Å²) in [6.45, 7) is 4.34. The molecule has 0 aromatic carbocycles. The summed E-state index contributed by atoms with van der Waals surface area (Å²) >= 11 is 0. The maximum absolute atomic E-state index is 12.8. The lowest BCUT2D eigenvalue weighted by Gasteiger charge is -2.39. The molecule has 1 rings (SSSR count). The van der Waals surface area contributed by atoms with Crippen LogP contribution in [0.15, 0.2) is 109 Å². The highest BCUT2D eigenvalue weighted by atomic mass is 16.7. The smallest absolute Gasteiger partial charge is 0.306 e. The summed E-state index contributed by atoms with van der Waals surface area (Å²) in [6.07, 6.45) is 58.3. The van der Waals surface area contributed by atoms with Crippen LogP contribution in [0.2, 0.25) is 0 Å². The number of aliphatic hydroxyl groups is 4. The van der Waals surface area contributed by atoms with Crippen molar-refractivity contribution >= 4 is 5.97 Å². The predicted molar refractivity (Wildman–Crippen MR) is 269 cm³/mol. The summed E-state index contributed by atoms with van der Waals surface area (Å²) in [4.78, 5) is 12.8. The van der Waals surface area contributed by atoms with Gasteiger partial charge < -0.3 is 39.4 Å². The Hall–Kier alpha value is -3.15. The third kappa shape index (κ3) is 36.6. The fourth-order valence-corrected chi connectivity index (χ4v) is 6.97. The molecule has 1 aliphatic rings. The number of unbranched alkanes of at least 4 members (excludes halogenated alkanes) is 13. The van der Waals surface area contributed by atoms with Crippen molar-refractivity contribution in [2.24, 2.45) is 0 Å². The highest BCUT2D eigenvalue weighted by Gasteiger charge is 2.44. The highest BCUT2D eigenvalue weighted by molar-refractivity contribution is 5.69. The second-order valence-electron chi connectivity index (χ2n) is 16.9. The molecule has 0 radical (unpaired) electrons. The van der Waals surface area contributed by atoms with Crippen molar-refractivity contribution in [2.75, 3.05) is 26.4 Å². The van der Waals surface area contributed by atoms with Gasteiger partial charge in [-0.25, -0.2) is 0 Å². The summed E-state index contributed by atoms with van der Waals surface area (Å²) in [7, 11) is 0. The first kappa shape index (κ1) is 59.9. The fraction of sp³-hybridized carbons (Fsp3) is 0.661. The maximum atomic E-state index is 12.8. The first-order valence-electron chi connectivity index (χ1n) is 25.5. The molecule has 65 heavy (non-hydrogen) atoms. The number of esters is 1. The van der Waals surface area contributed by atoms with Crippen LogP contribution in [0, 0.1) is 0 Å². The quantitative estimate of drug-likeness (QED) is 0.0268. The van der Waals surface area contributed by atoms with E-state index >= 15 is 0 Å². The topological polar surface area (TPSA) is 135 Å². The molecule has 0 saturated carbocycles. The maximum Gasteiger partial charge on any atom is 0.306 e. The third-order valence-corrected chi connectivity index (χ3v) is 10.9. The fourth-order valence-electron chi connectivity index (χ4n) is 6.97. The van der Waals surface area contributed by atoms with E-state index in [0.29, 0.717) is 13.0 Å². The van der Waals surface area contributed by atoms with Gasteiger partial charge in [-0.2, -0.15) is 0 Å². The molecule has 0 amide bonds. The van der Waals surface area contributed by atoms with Gasteiger partial charge >= 0.3 is 5.97 Å². The Kier molecular flexibility index (Phi) is 42.3. The number of hydrogen-bond acceptors (Lipinski definition) is 9. The molecule has 9 nitrogen and oxygen atoms in total. The normalized spacial score (nSPS) is 20.4. The average molecular weight is 909 g/mol. The van der Waals surface area contributed by atoms with Gasteiger partial charge in [-0.05, 0) is 103 Å². The van der Waals surface area contributed by atoms with Crippen LogP contribution >= 0.6 is 0 Å². The van der Waals surface area contributed by atoms with Crippen LogP contribution in [-0.2, 0) is 23.7 Å². The molecule has 1 heterocycles. The summed E-state index contributed by atoms with van der Waals surface area (Å²) in [5.74, 6) is -0.353. The second-order valence-corrected chi connectivity index (χ2v) is 16.9. The van der Waals surface area contributed by atoms with Crippen molar-refractivity contribution in [2.45, 2.75) is 211 Å². The molecule has 1 aliphatic heterocycles. The Labute approximate surface area is 395 Å². The van der Waals surface area contributed by atoms with Crippen LogP contribution in [0.1, 0.15) is 174 Å². The van der Waals surface area contributed by atoms with Crippen molar-refractivity contribution in [3.8, 4) is 0 Å². The van der Waals surface area contributed by atoms with Gasteiger partial charge in [-0.15, -0.1) is 0 Å². The zero-order valence-corrected chi connectivity index (χ0v) is 40.7. The molecule has 0 aromatic heterocycles. The lowest BCUT2D eigenvalue weighted by atomic mass is 9.99. The largest absolute Gasteiger partial charge is 0.457 e. The number of rotatable bonds is 42. The van der Waals surface area contributed by atoms with Gasteiger partial charge in [0.2, 0.25) is 0 Å². The molecule has 0 spiro atoms. The number of aliphatic hydroxyl groups excluding tert-OH is 4. The summed E-state index contributed by atoms with van der Waals surface area (Å²) < 4.78 is 22.8. The van der Waals surface area contributed by atoms with E-state index < -0.39 is 43.4 Å². The van der Waals surface area contributed by atoms with Gasteiger partial charge in [0, 0.05) is 13.0 Å². The van der Waals surface area contributed by atoms with E-state index in [9.17, 15) is 25.2 Å². The van der Waals surface area contributed by atoms with Crippen molar-refractivity contribution in [3.05, 3.63) is 109 Å². The van der Waals surface area contributed by atoms with E-state index in [1.807, 2.05) is 0 Å². The van der Waals surface area contributed by atoms with E-state index in [2.05, 4.69) is 123 Å². The monoisotopic (exact) mass is 909 g/mol. The first-order valence-corrected chi connectivity index (χ1v) is 25.5. The van der Waals surface area contributed by atoms with Crippen LogP contribution in [0.3, 0.4) is 0 Å². The van der Waals surface area contributed by atoms with Gasteiger partial charge in [-0.3, -0.25) is 4.79 Å². The number of carbonyl (C=O) groups is 1. The molecule has 370 valence electrons. The van der Waals surface area contributed by atoms with E-state index in [-0.39, 0.29) is 25.6 Å². The molecule has 9 heteroatoms.